The molecule has 6 rings (SSSR count). The third-order valence-corrected chi connectivity index (χ3v) is 8.37. The molecule has 4 aliphatic rings. The third kappa shape index (κ3) is 4.65. The van der Waals surface area contributed by atoms with Gasteiger partial charge in [-0.25, -0.2) is 4.68 Å². The predicted octanol–water partition coefficient (Wildman–Crippen LogP) is 4.43. The number of hydrogen-bond acceptors (Lipinski definition) is 5. The Hall–Kier alpha value is -1.93. The average Bonchev–Trinajstić information content (AvgIpc) is 3.05. The minimum Gasteiger partial charge on any atom is -0.302 e. The SMILES string of the molecule is Cc1nnc(SCc2ccccc2)n1NC(=S)NC(=O)CC12CC3CC(CC(C3)C1)C2. The van der Waals surface area contributed by atoms with Crippen molar-refractivity contribution in [2.75, 3.05) is 5.43 Å². The van der Waals surface area contributed by atoms with Crippen molar-refractivity contribution in [3.8, 4) is 0 Å². The van der Waals surface area contributed by atoms with Crippen molar-refractivity contribution in [3.63, 3.8) is 0 Å². The fraction of sp³-hybridized carbons (Fsp3) is 0.565. The van der Waals surface area contributed by atoms with E-state index in [1.165, 1.54) is 44.1 Å². The maximum Gasteiger partial charge on any atom is 0.226 e. The zero-order chi connectivity index (χ0) is 21.4. The maximum atomic E-state index is 12.9. The molecule has 0 spiro atoms. The largest absolute Gasteiger partial charge is 0.302 e. The first-order valence-corrected chi connectivity index (χ1v) is 12.6. The number of nitrogens with zero attached hydrogens (tertiary/aromatic N) is 3. The molecule has 4 fully saturated rings. The van der Waals surface area contributed by atoms with Gasteiger partial charge in [0.25, 0.3) is 0 Å². The molecule has 0 saturated heterocycles. The molecule has 0 aliphatic heterocycles. The van der Waals surface area contributed by atoms with Gasteiger partial charge in [0.05, 0.1) is 0 Å². The molecule has 1 heterocycles. The Bertz CT molecular complexity index is 938. The molecule has 0 radical (unpaired) electrons. The van der Waals surface area contributed by atoms with Gasteiger partial charge in [0.1, 0.15) is 5.82 Å². The Balaban J connectivity index is 1.17. The van der Waals surface area contributed by atoms with Crippen molar-refractivity contribution in [1.29, 1.82) is 0 Å². The molecule has 1 aromatic carbocycles. The van der Waals surface area contributed by atoms with Gasteiger partial charge in [0, 0.05) is 12.2 Å². The third-order valence-electron chi connectivity index (χ3n) is 7.17. The molecule has 4 saturated carbocycles. The molecule has 0 atom stereocenters. The molecular weight excluding hydrogens is 426 g/mol. The Morgan fingerprint density at radius 3 is 2.42 bits per heavy atom. The normalized spacial score (nSPS) is 28.5. The van der Waals surface area contributed by atoms with Crippen LogP contribution in [-0.2, 0) is 10.5 Å². The summed E-state index contributed by atoms with van der Waals surface area (Å²) in [6.45, 7) is 1.87. The number of benzene rings is 1. The van der Waals surface area contributed by atoms with Crippen molar-refractivity contribution < 1.29 is 4.79 Å². The highest BCUT2D eigenvalue weighted by atomic mass is 32.2. The summed E-state index contributed by atoms with van der Waals surface area (Å²) >= 11 is 7.04. The molecule has 2 N–H and O–H groups in total. The number of aryl methyl sites for hydroxylation is 1. The minimum absolute atomic E-state index is 0.0312. The molecule has 1 amide bonds. The maximum absolute atomic E-state index is 12.9. The summed E-state index contributed by atoms with van der Waals surface area (Å²) in [6, 6.07) is 10.2. The fourth-order valence-corrected chi connectivity index (χ4v) is 7.53. The van der Waals surface area contributed by atoms with Gasteiger partial charge in [-0.15, -0.1) is 10.2 Å². The van der Waals surface area contributed by atoms with Gasteiger partial charge >= 0.3 is 0 Å². The fourth-order valence-electron chi connectivity index (χ4n) is 6.43. The van der Waals surface area contributed by atoms with E-state index in [1.54, 1.807) is 16.4 Å². The number of thiocarbonyl (C=S) groups is 1. The standard InChI is InChI=1S/C23H29N5OS2/c1-15-25-26-22(31-14-16-5-3-2-4-6-16)28(15)27-21(30)24-20(29)13-23-10-17-7-18(11-23)9-19(8-17)12-23/h2-6,17-19H,7-14H2,1H3,(H2,24,27,29,30). The van der Waals surface area contributed by atoms with Crippen LogP contribution < -0.4 is 10.7 Å². The summed E-state index contributed by atoms with van der Waals surface area (Å²) in [5, 5.41) is 12.4. The molecule has 4 aliphatic carbocycles. The number of aromatic nitrogens is 3. The van der Waals surface area contributed by atoms with E-state index in [1.807, 2.05) is 25.1 Å². The molecule has 31 heavy (non-hydrogen) atoms. The summed E-state index contributed by atoms with van der Waals surface area (Å²) in [5.74, 6) is 4.04. The average molecular weight is 456 g/mol. The van der Waals surface area contributed by atoms with Crippen LogP contribution in [0.1, 0.15) is 56.3 Å². The number of rotatable bonds is 6. The van der Waals surface area contributed by atoms with Gasteiger partial charge in [-0.2, -0.15) is 0 Å². The zero-order valence-electron chi connectivity index (χ0n) is 17.8. The Morgan fingerprint density at radius 1 is 1.13 bits per heavy atom. The summed E-state index contributed by atoms with van der Waals surface area (Å²) in [6.07, 6.45) is 8.41. The number of amides is 1. The lowest BCUT2D eigenvalue weighted by Crippen LogP contribution is -2.49. The first-order valence-electron chi connectivity index (χ1n) is 11.2. The first-order chi connectivity index (χ1) is 15.0. The van der Waals surface area contributed by atoms with Gasteiger partial charge in [-0.3, -0.25) is 10.2 Å². The monoisotopic (exact) mass is 455 g/mol. The van der Waals surface area contributed by atoms with E-state index >= 15 is 0 Å². The highest BCUT2D eigenvalue weighted by Gasteiger charge is 2.51. The van der Waals surface area contributed by atoms with Crippen molar-refractivity contribution in [2.45, 2.75) is 62.8 Å². The van der Waals surface area contributed by atoms with Crippen LogP contribution in [0.2, 0.25) is 0 Å². The van der Waals surface area contributed by atoms with Crippen LogP contribution in [0.25, 0.3) is 0 Å². The summed E-state index contributed by atoms with van der Waals surface area (Å²) < 4.78 is 1.75. The second-order valence-corrected chi connectivity index (χ2v) is 11.1. The molecule has 164 valence electrons. The molecular formula is C23H29N5OS2. The zero-order valence-corrected chi connectivity index (χ0v) is 19.5. The van der Waals surface area contributed by atoms with Gasteiger partial charge in [0.15, 0.2) is 5.11 Å². The van der Waals surface area contributed by atoms with Crippen molar-refractivity contribution in [1.82, 2.24) is 20.2 Å². The predicted molar refractivity (Wildman–Crippen MR) is 126 cm³/mol. The molecule has 0 unspecified atom stereocenters. The molecule has 2 aromatic rings. The van der Waals surface area contributed by atoms with Crippen LogP contribution in [-0.4, -0.2) is 25.9 Å². The first kappa shape index (κ1) is 20.9. The molecule has 4 bridgehead atoms. The van der Waals surface area contributed by atoms with Crippen LogP contribution in [0.5, 0.6) is 0 Å². The Kier molecular flexibility index (Phi) is 5.77. The Morgan fingerprint density at radius 2 is 1.77 bits per heavy atom. The Labute approximate surface area is 192 Å². The number of hydrogen-bond donors (Lipinski definition) is 2. The molecule has 6 nitrogen and oxygen atoms in total. The van der Waals surface area contributed by atoms with Crippen LogP contribution in [0.15, 0.2) is 35.5 Å². The highest BCUT2D eigenvalue weighted by Crippen LogP contribution is 2.61. The highest BCUT2D eigenvalue weighted by molar-refractivity contribution is 7.98. The van der Waals surface area contributed by atoms with Gasteiger partial charge in [0.2, 0.25) is 11.1 Å². The summed E-state index contributed by atoms with van der Waals surface area (Å²) in [5.41, 5.74) is 4.52. The van der Waals surface area contributed by atoms with Crippen LogP contribution >= 0.6 is 24.0 Å². The van der Waals surface area contributed by atoms with Crippen LogP contribution in [0.3, 0.4) is 0 Å². The van der Waals surface area contributed by atoms with Gasteiger partial charge in [-0.1, -0.05) is 42.1 Å². The quantitative estimate of drug-likeness (QED) is 0.496. The topological polar surface area (TPSA) is 71.8 Å². The van der Waals surface area contributed by atoms with E-state index in [-0.39, 0.29) is 11.3 Å². The number of carbonyl (C=O) groups is 1. The summed E-state index contributed by atoms with van der Waals surface area (Å²) in [7, 11) is 0. The van der Waals surface area contributed by atoms with Gasteiger partial charge in [-0.05, 0) is 86.4 Å². The van der Waals surface area contributed by atoms with E-state index < -0.39 is 0 Å². The summed E-state index contributed by atoms with van der Waals surface area (Å²) in [4.78, 5) is 12.9. The van der Waals surface area contributed by atoms with E-state index in [0.29, 0.717) is 17.4 Å². The van der Waals surface area contributed by atoms with E-state index in [4.69, 9.17) is 12.2 Å². The lowest BCUT2D eigenvalue weighted by Gasteiger charge is -2.56. The minimum atomic E-state index is 0.0312. The van der Waals surface area contributed by atoms with E-state index in [0.717, 1.165) is 28.7 Å². The number of thioether (sulfide) groups is 1. The second-order valence-electron chi connectivity index (χ2n) is 9.72. The second kappa shape index (κ2) is 8.54. The van der Waals surface area contributed by atoms with Crippen molar-refractivity contribution in [3.05, 3.63) is 41.7 Å². The van der Waals surface area contributed by atoms with Crippen molar-refractivity contribution in [2.24, 2.45) is 23.2 Å². The number of nitrogens with one attached hydrogen (secondary N) is 2. The van der Waals surface area contributed by atoms with Crippen LogP contribution in [0, 0.1) is 30.1 Å². The van der Waals surface area contributed by atoms with E-state index in [9.17, 15) is 4.79 Å². The van der Waals surface area contributed by atoms with Gasteiger partial charge < -0.3 is 5.32 Å². The lowest BCUT2D eigenvalue weighted by atomic mass is 9.49. The van der Waals surface area contributed by atoms with E-state index in [2.05, 4.69) is 33.1 Å². The number of carbonyl (C=O) groups excluding carboxylic acids is 1. The molecule has 1 aromatic heterocycles. The smallest absolute Gasteiger partial charge is 0.226 e. The van der Waals surface area contributed by atoms with Crippen molar-refractivity contribution >= 4 is 35.0 Å². The molecule has 8 heteroatoms. The van der Waals surface area contributed by atoms with Crippen LogP contribution in [0.4, 0.5) is 0 Å². The lowest BCUT2D eigenvalue weighted by molar-refractivity contribution is -0.127.